The van der Waals surface area contributed by atoms with E-state index in [0.29, 0.717) is 23.2 Å². The van der Waals surface area contributed by atoms with Crippen LogP contribution in [0, 0.1) is 6.92 Å². The fourth-order valence-electron chi connectivity index (χ4n) is 3.95. The molecule has 2 aromatic rings. The maximum Gasteiger partial charge on any atom is 0.412 e. The van der Waals surface area contributed by atoms with Gasteiger partial charge in [0.05, 0.1) is 7.11 Å². The zero-order valence-corrected chi connectivity index (χ0v) is 20.5. The first kappa shape index (κ1) is 27.0. The monoisotopic (exact) mass is 510 g/mol. The molecule has 1 atom stereocenters. The Kier molecular flexibility index (Phi) is 8.23. The second-order valence-electron chi connectivity index (χ2n) is 8.76. The number of carbonyl (C=O) groups is 2. The summed E-state index contributed by atoms with van der Waals surface area (Å²) in [5, 5.41) is 2.42. The number of piperazine rings is 1. The number of carbonyl (C=O) groups excluding carboxylic acids is 2. The predicted octanol–water partition coefficient (Wildman–Crippen LogP) is 2.45. The number of hydrogen-bond acceptors (Lipinski definition) is 7. The fraction of sp³-hybridized carbons (Fsp3) is 0.478. The Balaban J connectivity index is 1.93. The van der Waals surface area contributed by atoms with Crippen LogP contribution in [0.3, 0.4) is 0 Å². The summed E-state index contributed by atoms with van der Waals surface area (Å²) < 4.78 is 46.8. The standard InChI is InChI=1S/C23H29F3N6O4/c1-14-12-27-18(28-22(35)36-4)11-16(14)15-9-19(29-20(33)10-15)32-8-7-31(13-17(32)23(24,25)26)21(34)5-6-30(2)3/h9-12,17H,5-8,13H2,1-4H3,(H,29,33)(H,27,28,35)/t17-/m1/s1. The number of aromatic nitrogens is 2. The summed E-state index contributed by atoms with van der Waals surface area (Å²) in [7, 11) is 4.76. The van der Waals surface area contributed by atoms with Crippen molar-refractivity contribution in [1.29, 1.82) is 0 Å². The number of halogens is 3. The van der Waals surface area contributed by atoms with Gasteiger partial charge in [-0.2, -0.15) is 13.2 Å². The summed E-state index contributed by atoms with van der Waals surface area (Å²) in [6, 6.07) is 2.23. The summed E-state index contributed by atoms with van der Waals surface area (Å²) in [5.41, 5.74) is 0.911. The molecule has 3 heterocycles. The van der Waals surface area contributed by atoms with E-state index in [0.717, 1.165) is 4.90 Å². The topological polar surface area (TPSA) is 111 Å². The Bertz CT molecular complexity index is 1170. The lowest BCUT2D eigenvalue weighted by Gasteiger charge is -2.43. The van der Waals surface area contributed by atoms with E-state index in [2.05, 4.69) is 20.0 Å². The predicted molar refractivity (Wildman–Crippen MR) is 128 cm³/mol. The zero-order chi connectivity index (χ0) is 26.6. The number of pyridine rings is 2. The van der Waals surface area contributed by atoms with Crippen molar-refractivity contribution >= 4 is 23.6 Å². The highest BCUT2D eigenvalue weighted by Gasteiger charge is 2.47. The lowest BCUT2D eigenvalue weighted by molar-refractivity contribution is -0.161. The van der Waals surface area contributed by atoms with E-state index in [9.17, 15) is 27.6 Å². The first-order chi connectivity index (χ1) is 16.9. The lowest BCUT2D eigenvalue weighted by atomic mass is 10.0. The normalized spacial score (nSPS) is 16.3. The van der Waals surface area contributed by atoms with Crippen molar-refractivity contribution in [2.45, 2.75) is 25.6 Å². The van der Waals surface area contributed by atoms with Crippen molar-refractivity contribution in [3.8, 4) is 11.1 Å². The molecule has 1 aliphatic rings. The average Bonchev–Trinajstić information content (AvgIpc) is 2.82. The number of methoxy groups -OCH3 is 1. The van der Waals surface area contributed by atoms with Crippen LogP contribution in [0.1, 0.15) is 12.0 Å². The molecular formula is C23H29F3N6O4. The second kappa shape index (κ2) is 11.0. The molecule has 2 aromatic heterocycles. The van der Waals surface area contributed by atoms with Gasteiger partial charge in [-0.3, -0.25) is 14.9 Å². The molecule has 13 heteroatoms. The number of ether oxygens (including phenoxy) is 1. The van der Waals surface area contributed by atoms with Crippen LogP contribution in [0.25, 0.3) is 11.1 Å². The molecule has 0 bridgehead atoms. The van der Waals surface area contributed by atoms with Gasteiger partial charge in [-0.15, -0.1) is 0 Å². The van der Waals surface area contributed by atoms with Crippen LogP contribution in [-0.4, -0.2) is 91.4 Å². The molecule has 196 valence electrons. The maximum absolute atomic E-state index is 14.1. The number of hydrogen-bond donors (Lipinski definition) is 2. The van der Waals surface area contributed by atoms with Crippen LogP contribution < -0.4 is 15.8 Å². The lowest BCUT2D eigenvalue weighted by Crippen LogP contribution is -2.60. The number of rotatable bonds is 6. The summed E-state index contributed by atoms with van der Waals surface area (Å²) >= 11 is 0. The largest absolute Gasteiger partial charge is 0.453 e. The molecular weight excluding hydrogens is 481 g/mol. The van der Waals surface area contributed by atoms with Crippen molar-refractivity contribution in [2.75, 3.05) is 57.6 Å². The summed E-state index contributed by atoms with van der Waals surface area (Å²) in [5.74, 6) is -0.209. The molecule has 0 unspecified atom stereocenters. The minimum Gasteiger partial charge on any atom is -0.453 e. The summed E-state index contributed by atoms with van der Waals surface area (Å²) in [6.07, 6.45) is -3.79. The van der Waals surface area contributed by atoms with Crippen LogP contribution in [0.4, 0.5) is 29.6 Å². The van der Waals surface area contributed by atoms with Gasteiger partial charge in [-0.1, -0.05) is 0 Å². The Morgan fingerprint density at radius 1 is 1.25 bits per heavy atom. The van der Waals surface area contributed by atoms with Crippen molar-refractivity contribution in [2.24, 2.45) is 0 Å². The van der Waals surface area contributed by atoms with Gasteiger partial charge in [0, 0.05) is 44.9 Å². The third-order valence-electron chi connectivity index (χ3n) is 5.85. The van der Waals surface area contributed by atoms with Crippen molar-refractivity contribution in [1.82, 2.24) is 19.8 Å². The Hall–Kier alpha value is -3.61. The minimum atomic E-state index is -4.64. The maximum atomic E-state index is 14.1. The van der Waals surface area contributed by atoms with Crippen LogP contribution in [0.15, 0.2) is 29.2 Å². The van der Waals surface area contributed by atoms with Gasteiger partial charge in [-0.25, -0.2) is 9.78 Å². The number of nitrogens with zero attached hydrogens (tertiary/aromatic N) is 4. The van der Waals surface area contributed by atoms with Gasteiger partial charge < -0.3 is 24.4 Å². The second-order valence-corrected chi connectivity index (χ2v) is 8.76. The van der Waals surface area contributed by atoms with Gasteiger partial charge in [0.15, 0.2) is 0 Å². The number of amides is 2. The molecule has 2 amide bonds. The smallest absolute Gasteiger partial charge is 0.412 e. The van der Waals surface area contributed by atoms with E-state index >= 15 is 0 Å². The number of H-pyrrole nitrogens is 1. The number of anilines is 2. The quantitative estimate of drug-likeness (QED) is 0.614. The number of nitrogens with one attached hydrogen (secondary N) is 2. The molecule has 0 radical (unpaired) electrons. The van der Waals surface area contributed by atoms with E-state index in [1.807, 2.05) is 0 Å². The minimum absolute atomic E-state index is 0.0149. The Morgan fingerprint density at radius 2 is 1.97 bits per heavy atom. The van der Waals surface area contributed by atoms with Gasteiger partial charge in [0.2, 0.25) is 11.5 Å². The van der Waals surface area contributed by atoms with Crippen LogP contribution in [0.2, 0.25) is 0 Å². The number of aromatic amines is 1. The Morgan fingerprint density at radius 3 is 2.61 bits per heavy atom. The first-order valence-electron chi connectivity index (χ1n) is 11.2. The zero-order valence-electron chi connectivity index (χ0n) is 20.5. The van der Waals surface area contributed by atoms with Crippen molar-refractivity contribution in [3.63, 3.8) is 0 Å². The van der Waals surface area contributed by atoms with E-state index < -0.39 is 30.4 Å². The van der Waals surface area contributed by atoms with Crippen LogP contribution in [-0.2, 0) is 9.53 Å². The Labute approximate surface area is 206 Å². The van der Waals surface area contributed by atoms with Crippen LogP contribution in [0.5, 0.6) is 0 Å². The third-order valence-corrected chi connectivity index (χ3v) is 5.85. The SMILES string of the molecule is COC(=O)Nc1cc(-c2cc(N3CCN(C(=O)CCN(C)C)C[C@@H]3C(F)(F)F)[nH]c(=O)c2)c(C)cn1. The molecule has 2 N–H and O–H groups in total. The molecule has 1 fully saturated rings. The van der Waals surface area contributed by atoms with E-state index in [4.69, 9.17) is 0 Å². The molecule has 10 nitrogen and oxygen atoms in total. The molecule has 3 rings (SSSR count). The molecule has 1 aliphatic heterocycles. The van der Waals surface area contributed by atoms with Gasteiger partial charge in [-0.05, 0) is 49.8 Å². The molecule has 0 saturated carbocycles. The molecule has 1 saturated heterocycles. The highest BCUT2D eigenvalue weighted by atomic mass is 19.4. The summed E-state index contributed by atoms with van der Waals surface area (Å²) in [6.45, 7) is 1.60. The molecule has 0 aromatic carbocycles. The van der Waals surface area contributed by atoms with Gasteiger partial charge in [0.25, 0.3) is 0 Å². The molecule has 0 spiro atoms. The van der Waals surface area contributed by atoms with Crippen molar-refractivity contribution < 1.29 is 27.5 Å². The van der Waals surface area contributed by atoms with Crippen molar-refractivity contribution in [3.05, 3.63) is 40.3 Å². The first-order valence-corrected chi connectivity index (χ1v) is 11.2. The number of alkyl halides is 3. The van der Waals surface area contributed by atoms with E-state index in [-0.39, 0.29) is 37.1 Å². The van der Waals surface area contributed by atoms with Gasteiger partial charge in [0.1, 0.15) is 17.7 Å². The molecule has 36 heavy (non-hydrogen) atoms. The van der Waals surface area contributed by atoms with E-state index in [1.54, 1.807) is 25.9 Å². The number of aryl methyl sites for hydroxylation is 1. The van der Waals surface area contributed by atoms with E-state index in [1.165, 1.54) is 36.4 Å². The van der Waals surface area contributed by atoms with Crippen LogP contribution >= 0.6 is 0 Å². The average molecular weight is 511 g/mol. The third kappa shape index (κ3) is 6.53. The highest BCUT2D eigenvalue weighted by Crippen LogP contribution is 2.33. The van der Waals surface area contributed by atoms with Gasteiger partial charge >= 0.3 is 12.3 Å². The summed E-state index contributed by atoms with van der Waals surface area (Å²) in [4.78, 5) is 47.2. The fourth-order valence-corrected chi connectivity index (χ4v) is 3.95. The highest BCUT2D eigenvalue weighted by molar-refractivity contribution is 5.85. The molecule has 0 aliphatic carbocycles.